The molecule has 0 aliphatic heterocycles. The van der Waals surface area contributed by atoms with E-state index in [9.17, 15) is 9.90 Å². The number of carbonyl (C=O) groups is 1. The Morgan fingerprint density at radius 3 is 2.63 bits per heavy atom. The second kappa shape index (κ2) is 5.48. The number of para-hydroxylation sites is 1. The molecule has 1 unspecified atom stereocenters. The van der Waals surface area contributed by atoms with Crippen LogP contribution in [-0.4, -0.2) is 33.2 Å². The Labute approximate surface area is 111 Å². The van der Waals surface area contributed by atoms with Gasteiger partial charge in [0.05, 0.1) is 24.0 Å². The summed E-state index contributed by atoms with van der Waals surface area (Å²) in [6.45, 7) is 1.86. The minimum Gasteiger partial charge on any atom is -0.508 e. The summed E-state index contributed by atoms with van der Waals surface area (Å²) < 4.78 is 0. The third-order valence-corrected chi connectivity index (χ3v) is 3.12. The molecule has 0 aliphatic rings. The Morgan fingerprint density at radius 1 is 1.26 bits per heavy atom. The van der Waals surface area contributed by atoms with Crippen molar-refractivity contribution in [3.8, 4) is 5.75 Å². The van der Waals surface area contributed by atoms with E-state index in [1.165, 1.54) is 12.4 Å². The highest BCUT2D eigenvalue weighted by Crippen LogP contribution is 2.27. The zero-order chi connectivity index (χ0) is 13.8. The highest BCUT2D eigenvalue weighted by Gasteiger charge is 2.20. The maximum atomic E-state index is 12.2. The van der Waals surface area contributed by atoms with Crippen molar-refractivity contribution in [3.05, 3.63) is 53.9 Å². The number of rotatable bonds is 3. The van der Waals surface area contributed by atoms with Crippen LogP contribution < -0.4 is 0 Å². The van der Waals surface area contributed by atoms with Crippen LogP contribution in [0.3, 0.4) is 0 Å². The third-order valence-electron chi connectivity index (χ3n) is 3.12. The predicted molar refractivity (Wildman–Crippen MR) is 70.6 cm³/mol. The molecule has 2 rings (SSSR count). The first-order valence-electron chi connectivity index (χ1n) is 5.93. The van der Waals surface area contributed by atoms with Gasteiger partial charge < -0.3 is 10.0 Å². The Morgan fingerprint density at radius 2 is 2.00 bits per heavy atom. The molecular formula is C14H15N3O2. The number of phenolic OH excluding ortho intramolecular Hbond substituents is 1. The van der Waals surface area contributed by atoms with Gasteiger partial charge in [0.25, 0.3) is 5.91 Å². The van der Waals surface area contributed by atoms with E-state index < -0.39 is 0 Å². The molecule has 0 bridgehead atoms. The van der Waals surface area contributed by atoms with Gasteiger partial charge in [-0.2, -0.15) is 10.2 Å². The highest BCUT2D eigenvalue weighted by atomic mass is 16.3. The topological polar surface area (TPSA) is 66.3 Å². The second-order valence-electron chi connectivity index (χ2n) is 4.28. The zero-order valence-electron chi connectivity index (χ0n) is 10.8. The van der Waals surface area contributed by atoms with Crippen LogP contribution in [0.15, 0.2) is 42.7 Å². The lowest BCUT2D eigenvalue weighted by molar-refractivity contribution is 0.0740. The van der Waals surface area contributed by atoms with Gasteiger partial charge in [-0.3, -0.25) is 4.79 Å². The molecule has 0 aliphatic carbocycles. The molecule has 2 aromatic rings. The van der Waals surface area contributed by atoms with Crippen LogP contribution in [0.1, 0.15) is 28.9 Å². The van der Waals surface area contributed by atoms with Gasteiger partial charge in [0.1, 0.15) is 5.75 Å². The largest absolute Gasteiger partial charge is 0.508 e. The van der Waals surface area contributed by atoms with Crippen LogP contribution in [0, 0.1) is 0 Å². The Bertz CT molecular complexity index is 572. The summed E-state index contributed by atoms with van der Waals surface area (Å²) in [4.78, 5) is 13.8. The molecule has 5 heteroatoms. The van der Waals surface area contributed by atoms with Crippen LogP contribution in [0.25, 0.3) is 0 Å². The molecule has 19 heavy (non-hydrogen) atoms. The first-order chi connectivity index (χ1) is 9.11. The number of phenols is 1. The summed E-state index contributed by atoms with van der Waals surface area (Å²) in [6, 6.07) is 8.37. The van der Waals surface area contributed by atoms with E-state index in [2.05, 4.69) is 10.2 Å². The molecule has 98 valence electrons. The number of hydrogen-bond acceptors (Lipinski definition) is 4. The summed E-state index contributed by atoms with van der Waals surface area (Å²) in [6.07, 6.45) is 2.90. The van der Waals surface area contributed by atoms with Gasteiger partial charge in [-0.05, 0) is 19.1 Å². The van der Waals surface area contributed by atoms with Crippen LogP contribution in [0.5, 0.6) is 5.75 Å². The molecule has 5 nitrogen and oxygen atoms in total. The minimum absolute atomic E-state index is 0.161. The summed E-state index contributed by atoms with van der Waals surface area (Å²) in [5.41, 5.74) is 1.18. The van der Waals surface area contributed by atoms with Gasteiger partial charge in [-0.15, -0.1) is 0 Å². The molecule has 0 saturated carbocycles. The fourth-order valence-corrected chi connectivity index (χ4v) is 1.85. The number of carbonyl (C=O) groups excluding carboxylic acids is 1. The average Bonchev–Trinajstić information content (AvgIpc) is 2.46. The lowest BCUT2D eigenvalue weighted by atomic mass is 10.1. The fourth-order valence-electron chi connectivity index (χ4n) is 1.85. The third kappa shape index (κ3) is 2.70. The van der Waals surface area contributed by atoms with Gasteiger partial charge in [0, 0.05) is 12.6 Å². The molecule has 0 spiro atoms. The maximum Gasteiger partial charge on any atom is 0.255 e. The number of nitrogens with zero attached hydrogens (tertiary/aromatic N) is 3. The molecule has 1 heterocycles. The summed E-state index contributed by atoms with van der Waals surface area (Å²) in [5, 5.41) is 17.2. The molecule has 1 atom stereocenters. The number of hydrogen-bond donors (Lipinski definition) is 1. The van der Waals surface area contributed by atoms with Crippen LogP contribution in [0.4, 0.5) is 0 Å². The first-order valence-corrected chi connectivity index (χ1v) is 5.93. The first kappa shape index (κ1) is 13.0. The number of aromatic hydroxyl groups is 1. The normalized spacial score (nSPS) is 11.9. The number of amides is 1. The monoisotopic (exact) mass is 257 g/mol. The van der Waals surface area contributed by atoms with Crippen molar-refractivity contribution in [2.24, 2.45) is 0 Å². The molecule has 1 aromatic carbocycles. The van der Waals surface area contributed by atoms with Crippen molar-refractivity contribution >= 4 is 5.91 Å². The van der Waals surface area contributed by atoms with Gasteiger partial charge in [0.15, 0.2) is 0 Å². The molecule has 1 N–H and O–H groups in total. The van der Waals surface area contributed by atoms with E-state index in [1.807, 2.05) is 13.0 Å². The van der Waals surface area contributed by atoms with Crippen molar-refractivity contribution in [3.63, 3.8) is 0 Å². The second-order valence-corrected chi connectivity index (χ2v) is 4.28. The Kier molecular flexibility index (Phi) is 3.75. The Hall–Kier alpha value is -2.43. The van der Waals surface area contributed by atoms with E-state index in [4.69, 9.17) is 0 Å². The molecule has 0 fully saturated rings. The van der Waals surface area contributed by atoms with Crippen molar-refractivity contribution in [2.45, 2.75) is 13.0 Å². The smallest absolute Gasteiger partial charge is 0.255 e. The zero-order valence-corrected chi connectivity index (χ0v) is 10.8. The number of aromatic nitrogens is 2. The van der Waals surface area contributed by atoms with Crippen LogP contribution in [-0.2, 0) is 0 Å². The summed E-state index contributed by atoms with van der Waals surface area (Å²) in [7, 11) is 1.69. The van der Waals surface area contributed by atoms with Crippen LogP contribution in [0.2, 0.25) is 0 Å². The minimum atomic E-state index is -0.234. The van der Waals surface area contributed by atoms with Crippen LogP contribution >= 0.6 is 0 Å². The van der Waals surface area contributed by atoms with Gasteiger partial charge in [0.2, 0.25) is 0 Å². The summed E-state index contributed by atoms with van der Waals surface area (Å²) >= 11 is 0. The van der Waals surface area contributed by atoms with E-state index >= 15 is 0 Å². The van der Waals surface area contributed by atoms with Crippen molar-refractivity contribution in [1.29, 1.82) is 0 Å². The van der Waals surface area contributed by atoms with Crippen molar-refractivity contribution < 1.29 is 9.90 Å². The predicted octanol–water partition coefficient (Wildman–Crippen LogP) is 2.02. The van der Waals surface area contributed by atoms with Crippen molar-refractivity contribution in [1.82, 2.24) is 15.1 Å². The molecule has 0 saturated heterocycles. The molecule has 0 radical (unpaired) electrons. The average molecular weight is 257 g/mol. The number of benzene rings is 1. The van der Waals surface area contributed by atoms with Crippen molar-refractivity contribution in [2.75, 3.05) is 7.05 Å². The fraction of sp³-hybridized carbons (Fsp3) is 0.214. The van der Waals surface area contributed by atoms with Gasteiger partial charge in [-0.25, -0.2) is 0 Å². The highest BCUT2D eigenvalue weighted by molar-refractivity contribution is 5.93. The SMILES string of the molecule is CC(c1ccccc1O)N(C)C(=O)c1ccnnc1. The van der Waals surface area contributed by atoms with E-state index in [0.29, 0.717) is 11.1 Å². The van der Waals surface area contributed by atoms with E-state index in [0.717, 1.165) is 0 Å². The summed E-state index contributed by atoms with van der Waals surface area (Å²) in [5.74, 6) is 0.0214. The Balaban J connectivity index is 2.23. The van der Waals surface area contributed by atoms with E-state index in [1.54, 1.807) is 36.2 Å². The van der Waals surface area contributed by atoms with Gasteiger partial charge in [-0.1, -0.05) is 18.2 Å². The molecule has 1 aromatic heterocycles. The lowest BCUT2D eigenvalue weighted by Crippen LogP contribution is -2.29. The molecular weight excluding hydrogens is 242 g/mol. The van der Waals surface area contributed by atoms with E-state index in [-0.39, 0.29) is 17.7 Å². The van der Waals surface area contributed by atoms with Gasteiger partial charge >= 0.3 is 0 Å². The standard InChI is InChI=1S/C14H15N3O2/c1-10(12-5-3-4-6-13(12)18)17(2)14(19)11-7-8-15-16-9-11/h3-10,18H,1-2H3. The quantitative estimate of drug-likeness (QED) is 0.913. The molecule has 1 amide bonds. The maximum absolute atomic E-state index is 12.2. The lowest BCUT2D eigenvalue weighted by Gasteiger charge is -2.25.